The molecule has 1 aromatic carbocycles. The van der Waals surface area contributed by atoms with E-state index in [4.69, 9.17) is 9.47 Å². The van der Waals surface area contributed by atoms with Gasteiger partial charge < -0.3 is 14.6 Å². The fourth-order valence-electron chi connectivity index (χ4n) is 2.68. The zero-order chi connectivity index (χ0) is 14.5. The lowest BCUT2D eigenvalue weighted by atomic mass is 10.00. The number of aliphatic hydroxyl groups excluding tert-OH is 1. The highest BCUT2D eigenvalue weighted by molar-refractivity contribution is 5.37. The highest BCUT2D eigenvalue weighted by atomic mass is 16.5. The van der Waals surface area contributed by atoms with E-state index in [9.17, 15) is 5.11 Å². The third kappa shape index (κ3) is 3.72. The molecule has 1 aromatic rings. The molecule has 2 unspecified atom stereocenters. The van der Waals surface area contributed by atoms with E-state index in [1.165, 1.54) is 5.56 Å². The molecule has 0 bridgehead atoms. The molecule has 2 atom stereocenters. The van der Waals surface area contributed by atoms with Crippen LogP contribution in [0.5, 0.6) is 5.75 Å². The van der Waals surface area contributed by atoms with Crippen molar-refractivity contribution in [3.63, 3.8) is 0 Å². The molecular formula is C16H25NO3. The summed E-state index contributed by atoms with van der Waals surface area (Å²) in [5.41, 5.74) is 2.21. The van der Waals surface area contributed by atoms with E-state index >= 15 is 0 Å². The van der Waals surface area contributed by atoms with E-state index in [0.717, 1.165) is 30.9 Å². The SMILES string of the molecule is CCN1CCOC(C(O)Cc2cc(C)ccc2OC)C1. The summed E-state index contributed by atoms with van der Waals surface area (Å²) < 4.78 is 11.1. The molecule has 1 fully saturated rings. The maximum Gasteiger partial charge on any atom is 0.122 e. The number of nitrogens with zero attached hydrogens (tertiary/aromatic N) is 1. The van der Waals surface area contributed by atoms with Crippen LogP contribution >= 0.6 is 0 Å². The van der Waals surface area contributed by atoms with Crippen molar-refractivity contribution in [1.82, 2.24) is 4.90 Å². The van der Waals surface area contributed by atoms with Crippen LogP contribution in [-0.4, -0.2) is 55.6 Å². The van der Waals surface area contributed by atoms with Crippen LogP contribution in [0.1, 0.15) is 18.1 Å². The first kappa shape index (κ1) is 15.3. The van der Waals surface area contributed by atoms with Gasteiger partial charge in [-0.1, -0.05) is 24.6 Å². The van der Waals surface area contributed by atoms with Crippen molar-refractivity contribution in [2.24, 2.45) is 0 Å². The van der Waals surface area contributed by atoms with Crippen molar-refractivity contribution in [1.29, 1.82) is 0 Å². The van der Waals surface area contributed by atoms with E-state index in [0.29, 0.717) is 13.0 Å². The number of hydrogen-bond acceptors (Lipinski definition) is 4. The summed E-state index contributed by atoms with van der Waals surface area (Å²) in [6.07, 6.45) is -0.0541. The zero-order valence-electron chi connectivity index (χ0n) is 12.6. The van der Waals surface area contributed by atoms with Gasteiger partial charge in [-0.15, -0.1) is 0 Å². The lowest BCUT2D eigenvalue weighted by Crippen LogP contribution is -2.48. The Morgan fingerprint density at radius 1 is 1.50 bits per heavy atom. The van der Waals surface area contributed by atoms with Crippen LogP contribution in [0.25, 0.3) is 0 Å². The van der Waals surface area contributed by atoms with Crippen LogP contribution in [0.15, 0.2) is 18.2 Å². The number of methoxy groups -OCH3 is 1. The Bertz CT molecular complexity index is 436. The van der Waals surface area contributed by atoms with E-state index in [1.807, 2.05) is 19.1 Å². The third-order valence-corrected chi connectivity index (χ3v) is 3.92. The molecule has 1 heterocycles. The van der Waals surface area contributed by atoms with Gasteiger partial charge in [-0.3, -0.25) is 4.90 Å². The summed E-state index contributed by atoms with van der Waals surface area (Å²) >= 11 is 0. The Labute approximate surface area is 121 Å². The second kappa shape index (κ2) is 7.07. The topological polar surface area (TPSA) is 41.9 Å². The van der Waals surface area contributed by atoms with Crippen molar-refractivity contribution >= 4 is 0 Å². The number of likely N-dealkylation sites (N-methyl/N-ethyl adjacent to an activating group) is 1. The number of aryl methyl sites for hydroxylation is 1. The summed E-state index contributed by atoms with van der Waals surface area (Å²) in [6, 6.07) is 6.05. The predicted molar refractivity (Wildman–Crippen MR) is 79.3 cm³/mol. The first-order chi connectivity index (χ1) is 9.63. The molecule has 1 saturated heterocycles. The first-order valence-electron chi connectivity index (χ1n) is 7.29. The Morgan fingerprint density at radius 3 is 3.00 bits per heavy atom. The third-order valence-electron chi connectivity index (χ3n) is 3.92. The van der Waals surface area contributed by atoms with Crippen LogP contribution in [0.3, 0.4) is 0 Å². The average Bonchev–Trinajstić information content (AvgIpc) is 2.47. The number of rotatable bonds is 5. The normalized spacial score (nSPS) is 21.7. The number of benzene rings is 1. The van der Waals surface area contributed by atoms with Crippen LogP contribution < -0.4 is 4.74 Å². The van der Waals surface area contributed by atoms with Gasteiger partial charge in [0.25, 0.3) is 0 Å². The molecular weight excluding hydrogens is 254 g/mol. The molecule has 1 aliphatic rings. The Hall–Kier alpha value is -1.10. The van der Waals surface area contributed by atoms with Crippen molar-refractivity contribution in [3.05, 3.63) is 29.3 Å². The molecule has 20 heavy (non-hydrogen) atoms. The monoisotopic (exact) mass is 279 g/mol. The van der Waals surface area contributed by atoms with Crippen LogP contribution in [0.2, 0.25) is 0 Å². The van der Waals surface area contributed by atoms with Crippen molar-refractivity contribution in [2.75, 3.05) is 33.4 Å². The highest BCUT2D eigenvalue weighted by Gasteiger charge is 2.26. The van der Waals surface area contributed by atoms with Crippen molar-refractivity contribution in [2.45, 2.75) is 32.5 Å². The second-order valence-corrected chi connectivity index (χ2v) is 5.39. The molecule has 0 spiro atoms. The molecule has 0 radical (unpaired) electrons. The van der Waals surface area contributed by atoms with Crippen LogP contribution in [0, 0.1) is 6.92 Å². The number of ether oxygens (including phenoxy) is 2. The van der Waals surface area contributed by atoms with Gasteiger partial charge >= 0.3 is 0 Å². The molecule has 1 aliphatic heterocycles. The molecule has 4 heteroatoms. The minimum absolute atomic E-state index is 0.117. The van der Waals surface area contributed by atoms with Crippen molar-refractivity contribution < 1.29 is 14.6 Å². The van der Waals surface area contributed by atoms with E-state index in [1.54, 1.807) is 7.11 Å². The minimum atomic E-state index is -0.500. The number of aliphatic hydroxyl groups is 1. The lowest BCUT2D eigenvalue weighted by molar-refractivity contribution is -0.0868. The lowest BCUT2D eigenvalue weighted by Gasteiger charge is -2.34. The van der Waals surface area contributed by atoms with Gasteiger partial charge in [-0.25, -0.2) is 0 Å². The van der Waals surface area contributed by atoms with Gasteiger partial charge in [0.15, 0.2) is 0 Å². The Balaban J connectivity index is 2.03. The Kier molecular flexibility index (Phi) is 5.40. The van der Waals surface area contributed by atoms with Gasteiger partial charge in [-0.05, 0) is 25.1 Å². The first-order valence-corrected chi connectivity index (χ1v) is 7.29. The molecule has 112 valence electrons. The van der Waals surface area contributed by atoms with Crippen LogP contribution in [0.4, 0.5) is 0 Å². The molecule has 0 aliphatic carbocycles. The maximum absolute atomic E-state index is 10.4. The average molecular weight is 279 g/mol. The standard InChI is InChI=1S/C16H25NO3/c1-4-17-7-8-20-16(11-17)14(18)10-13-9-12(2)5-6-15(13)19-3/h5-6,9,14,16,18H,4,7-8,10-11H2,1-3H3. The summed E-state index contributed by atoms with van der Waals surface area (Å²) in [4.78, 5) is 2.31. The van der Waals surface area contributed by atoms with Crippen LogP contribution in [-0.2, 0) is 11.2 Å². The number of morpholine rings is 1. The maximum atomic E-state index is 10.4. The molecule has 1 N–H and O–H groups in total. The predicted octanol–water partition coefficient (Wildman–Crippen LogP) is 1.63. The van der Waals surface area contributed by atoms with Gasteiger partial charge in [0.2, 0.25) is 0 Å². The largest absolute Gasteiger partial charge is 0.496 e. The molecule has 4 nitrogen and oxygen atoms in total. The quantitative estimate of drug-likeness (QED) is 0.889. The smallest absolute Gasteiger partial charge is 0.122 e. The van der Waals surface area contributed by atoms with Crippen molar-refractivity contribution in [3.8, 4) is 5.75 Å². The Morgan fingerprint density at radius 2 is 2.30 bits per heavy atom. The molecule has 0 amide bonds. The molecule has 0 aromatic heterocycles. The summed E-state index contributed by atoms with van der Waals surface area (Å²) in [7, 11) is 1.66. The highest BCUT2D eigenvalue weighted by Crippen LogP contribution is 2.23. The van der Waals surface area contributed by atoms with Gasteiger partial charge in [0.05, 0.1) is 25.9 Å². The van der Waals surface area contributed by atoms with E-state index in [2.05, 4.69) is 17.9 Å². The molecule has 2 rings (SSSR count). The zero-order valence-corrected chi connectivity index (χ0v) is 12.6. The van der Waals surface area contributed by atoms with Gasteiger partial charge in [0, 0.05) is 19.5 Å². The van der Waals surface area contributed by atoms with E-state index < -0.39 is 6.10 Å². The second-order valence-electron chi connectivity index (χ2n) is 5.39. The fraction of sp³-hybridized carbons (Fsp3) is 0.625. The number of hydrogen-bond donors (Lipinski definition) is 1. The van der Waals surface area contributed by atoms with Gasteiger partial charge in [-0.2, -0.15) is 0 Å². The summed E-state index contributed by atoms with van der Waals surface area (Å²) in [5, 5.41) is 10.4. The minimum Gasteiger partial charge on any atom is -0.496 e. The fourth-order valence-corrected chi connectivity index (χ4v) is 2.68. The summed E-state index contributed by atoms with van der Waals surface area (Å²) in [6.45, 7) is 7.63. The summed E-state index contributed by atoms with van der Waals surface area (Å²) in [5.74, 6) is 0.831. The molecule has 0 saturated carbocycles. The van der Waals surface area contributed by atoms with Gasteiger partial charge in [0.1, 0.15) is 5.75 Å². The van der Waals surface area contributed by atoms with E-state index in [-0.39, 0.29) is 6.10 Å².